The normalized spacial score (nSPS) is 26.3. The molecule has 2 aliphatic rings. The highest BCUT2D eigenvalue weighted by atomic mass is 19.1. The minimum atomic E-state index is -1.08. The van der Waals surface area contributed by atoms with Gasteiger partial charge in [0.1, 0.15) is 17.2 Å². The average molecular weight is 417 g/mol. The molecule has 1 aliphatic carbocycles. The second kappa shape index (κ2) is 8.35. The topological polar surface area (TPSA) is 76.9 Å². The molecule has 7 nitrogen and oxygen atoms in total. The third-order valence-electron chi connectivity index (χ3n) is 6.50. The van der Waals surface area contributed by atoms with Gasteiger partial charge in [-0.25, -0.2) is 9.37 Å². The number of aliphatic hydroxyl groups is 1. The van der Waals surface area contributed by atoms with Crippen LogP contribution in [-0.4, -0.2) is 54.4 Å². The van der Waals surface area contributed by atoms with Crippen LogP contribution >= 0.6 is 0 Å². The van der Waals surface area contributed by atoms with Crippen molar-refractivity contribution in [1.29, 1.82) is 0 Å². The zero-order valence-corrected chi connectivity index (χ0v) is 17.6. The summed E-state index contributed by atoms with van der Waals surface area (Å²) in [7, 11) is 4.55. The average Bonchev–Trinajstić information content (AvgIpc) is 2.75. The number of methoxy groups -OCH3 is 3. The van der Waals surface area contributed by atoms with E-state index in [2.05, 4.69) is 14.9 Å². The van der Waals surface area contributed by atoms with Crippen molar-refractivity contribution in [2.75, 3.05) is 34.4 Å². The van der Waals surface area contributed by atoms with Crippen molar-refractivity contribution in [2.24, 2.45) is 11.8 Å². The van der Waals surface area contributed by atoms with Crippen molar-refractivity contribution >= 4 is 0 Å². The lowest BCUT2D eigenvalue weighted by molar-refractivity contribution is -0.149. The zero-order valence-electron chi connectivity index (χ0n) is 17.6. The van der Waals surface area contributed by atoms with Gasteiger partial charge in [-0.2, -0.15) is 4.98 Å². The first-order chi connectivity index (χ1) is 14.5. The lowest BCUT2D eigenvalue weighted by Crippen LogP contribution is -2.58. The van der Waals surface area contributed by atoms with E-state index in [4.69, 9.17) is 14.2 Å². The molecule has 1 aromatic heterocycles. The molecule has 1 saturated heterocycles. The van der Waals surface area contributed by atoms with Crippen LogP contribution in [0.2, 0.25) is 0 Å². The van der Waals surface area contributed by atoms with Crippen LogP contribution in [-0.2, 0) is 12.1 Å². The molecule has 1 aliphatic heterocycles. The first-order valence-corrected chi connectivity index (χ1v) is 10.2. The summed E-state index contributed by atoms with van der Waals surface area (Å²) in [6, 6.07) is 5.16. The Morgan fingerprint density at radius 1 is 1.13 bits per heavy atom. The van der Waals surface area contributed by atoms with Crippen LogP contribution in [0.3, 0.4) is 0 Å². The third kappa shape index (κ3) is 3.58. The van der Waals surface area contributed by atoms with E-state index in [1.165, 1.54) is 27.4 Å². The van der Waals surface area contributed by atoms with Crippen LogP contribution in [0.4, 0.5) is 4.39 Å². The number of fused-ring (bicyclic) bond motifs is 2. The number of aromatic nitrogens is 2. The summed E-state index contributed by atoms with van der Waals surface area (Å²) in [6.45, 7) is 1.82. The summed E-state index contributed by atoms with van der Waals surface area (Å²) < 4.78 is 30.1. The highest BCUT2D eigenvalue weighted by molar-refractivity contribution is 5.35. The SMILES string of the molecule is COc1ccc(CN2C[C@@H]3CCC[C@@H](C2)C3(O)c2cnc(OC)nc2OC)c(F)c1. The molecular formula is C22H28FN3O4. The van der Waals surface area contributed by atoms with Crippen LogP contribution in [0.5, 0.6) is 17.6 Å². The van der Waals surface area contributed by atoms with Gasteiger partial charge in [-0.05, 0) is 18.9 Å². The van der Waals surface area contributed by atoms with Gasteiger partial charge in [0, 0.05) is 49.3 Å². The van der Waals surface area contributed by atoms with E-state index in [1.807, 2.05) is 0 Å². The molecule has 0 unspecified atom stereocenters. The predicted octanol–water partition coefficient (Wildman–Crippen LogP) is 2.76. The lowest BCUT2D eigenvalue weighted by Gasteiger charge is -2.53. The van der Waals surface area contributed by atoms with Crippen molar-refractivity contribution in [3.8, 4) is 17.6 Å². The van der Waals surface area contributed by atoms with Gasteiger partial charge in [0.25, 0.3) is 0 Å². The molecule has 1 saturated carbocycles. The molecule has 2 bridgehead atoms. The van der Waals surface area contributed by atoms with E-state index in [1.54, 1.807) is 18.3 Å². The van der Waals surface area contributed by atoms with Gasteiger partial charge in [-0.1, -0.05) is 12.5 Å². The Bertz CT molecular complexity index is 896. The van der Waals surface area contributed by atoms with E-state index in [-0.39, 0.29) is 23.7 Å². The molecule has 1 N–H and O–H groups in total. The molecule has 2 heterocycles. The van der Waals surface area contributed by atoms with Gasteiger partial charge in [0.2, 0.25) is 5.88 Å². The lowest BCUT2D eigenvalue weighted by atomic mass is 9.63. The van der Waals surface area contributed by atoms with Gasteiger partial charge < -0.3 is 19.3 Å². The molecule has 4 rings (SSSR count). The Morgan fingerprint density at radius 2 is 1.87 bits per heavy atom. The molecule has 8 heteroatoms. The summed E-state index contributed by atoms with van der Waals surface area (Å²) in [6.07, 6.45) is 4.43. The van der Waals surface area contributed by atoms with E-state index in [9.17, 15) is 9.50 Å². The molecule has 0 amide bonds. The summed E-state index contributed by atoms with van der Waals surface area (Å²) in [5.74, 6) is 0.545. The summed E-state index contributed by atoms with van der Waals surface area (Å²) in [4.78, 5) is 10.7. The van der Waals surface area contributed by atoms with Crippen LogP contribution in [0.1, 0.15) is 30.4 Å². The molecule has 0 spiro atoms. The van der Waals surface area contributed by atoms with Crippen molar-refractivity contribution in [3.05, 3.63) is 41.3 Å². The number of benzene rings is 1. The molecule has 2 aromatic rings. The molecule has 0 radical (unpaired) electrons. The zero-order chi connectivity index (χ0) is 21.3. The van der Waals surface area contributed by atoms with Crippen LogP contribution in [0.15, 0.2) is 24.4 Å². The van der Waals surface area contributed by atoms with Crippen molar-refractivity contribution < 1.29 is 23.7 Å². The maximum absolute atomic E-state index is 14.5. The number of likely N-dealkylation sites (tertiary alicyclic amines) is 1. The van der Waals surface area contributed by atoms with Crippen molar-refractivity contribution in [1.82, 2.24) is 14.9 Å². The van der Waals surface area contributed by atoms with E-state index >= 15 is 0 Å². The Morgan fingerprint density at radius 3 is 2.47 bits per heavy atom. The van der Waals surface area contributed by atoms with Crippen LogP contribution in [0, 0.1) is 17.7 Å². The highest BCUT2D eigenvalue weighted by Crippen LogP contribution is 2.51. The Kier molecular flexibility index (Phi) is 5.79. The first kappa shape index (κ1) is 20.8. The maximum atomic E-state index is 14.5. The fraction of sp³-hybridized carbons (Fsp3) is 0.545. The van der Waals surface area contributed by atoms with E-state index in [0.29, 0.717) is 42.4 Å². The van der Waals surface area contributed by atoms with Gasteiger partial charge in [-0.3, -0.25) is 4.90 Å². The van der Waals surface area contributed by atoms with E-state index in [0.717, 1.165) is 19.3 Å². The summed E-state index contributed by atoms with van der Waals surface area (Å²) in [5.41, 5.74) is 0.158. The highest BCUT2D eigenvalue weighted by Gasteiger charge is 2.53. The van der Waals surface area contributed by atoms with E-state index < -0.39 is 5.60 Å². The fourth-order valence-corrected chi connectivity index (χ4v) is 5.02. The Hall–Kier alpha value is -2.45. The minimum absolute atomic E-state index is 0.0165. The second-order valence-electron chi connectivity index (χ2n) is 8.08. The first-order valence-electron chi connectivity index (χ1n) is 10.2. The van der Waals surface area contributed by atoms with Crippen LogP contribution < -0.4 is 14.2 Å². The standard InChI is InChI=1S/C22H28FN3O4/c1-28-17-8-7-14(19(23)9-17)11-26-12-15-5-4-6-16(13-26)22(15,27)18-10-24-21(30-3)25-20(18)29-2/h7-10,15-16,27H,4-6,11-13H2,1-3H3/t15-,16-/m0/s1. The molecule has 2 fully saturated rings. The smallest absolute Gasteiger partial charge is 0.319 e. The number of rotatable bonds is 6. The van der Waals surface area contributed by atoms with Gasteiger partial charge in [0.15, 0.2) is 0 Å². The Balaban J connectivity index is 1.60. The summed E-state index contributed by atoms with van der Waals surface area (Å²) in [5, 5.41) is 11.9. The molecule has 2 atom stereocenters. The number of ether oxygens (including phenoxy) is 3. The quantitative estimate of drug-likeness (QED) is 0.774. The number of piperidine rings is 1. The predicted molar refractivity (Wildman–Crippen MR) is 108 cm³/mol. The van der Waals surface area contributed by atoms with Crippen molar-refractivity contribution in [2.45, 2.75) is 31.4 Å². The van der Waals surface area contributed by atoms with Gasteiger partial charge in [-0.15, -0.1) is 0 Å². The monoisotopic (exact) mass is 417 g/mol. The number of hydrogen-bond donors (Lipinski definition) is 1. The third-order valence-corrected chi connectivity index (χ3v) is 6.50. The van der Waals surface area contributed by atoms with Gasteiger partial charge >= 0.3 is 6.01 Å². The maximum Gasteiger partial charge on any atom is 0.319 e. The largest absolute Gasteiger partial charge is 0.497 e. The fourth-order valence-electron chi connectivity index (χ4n) is 5.02. The molecular weight excluding hydrogens is 389 g/mol. The second-order valence-corrected chi connectivity index (χ2v) is 8.08. The van der Waals surface area contributed by atoms with Crippen molar-refractivity contribution in [3.63, 3.8) is 0 Å². The minimum Gasteiger partial charge on any atom is -0.497 e. The number of halogens is 1. The molecule has 30 heavy (non-hydrogen) atoms. The van der Waals surface area contributed by atoms with Gasteiger partial charge in [0.05, 0.1) is 26.9 Å². The number of hydrogen-bond acceptors (Lipinski definition) is 7. The van der Waals surface area contributed by atoms with Crippen LogP contribution in [0.25, 0.3) is 0 Å². The number of nitrogens with zero attached hydrogens (tertiary/aromatic N) is 3. The molecule has 1 aromatic carbocycles. The molecule has 162 valence electrons. The summed E-state index contributed by atoms with van der Waals surface area (Å²) >= 11 is 0. The Labute approximate surface area is 175 Å².